The van der Waals surface area contributed by atoms with Crippen LogP contribution in [0, 0.1) is 0 Å². The number of rotatable bonds is 6. The van der Waals surface area contributed by atoms with Crippen LogP contribution in [0.25, 0.3) is 6.08 Å². The Morgan fingerprint density at radius 2 is 1.66 bits per heavy atom. The van der Waals surface area contributed by atoms with Crippen LogP contribution in [0.4, 0.5) is 5.69 Å². The minimum absolute atomic E-state index is 0.0552. The second kappa shape index (κ2) is 10.0. The number of nitrogens with one attached hydrogen (secondary N) is 1. The number of carbonyl (C=O) groups excluding carboxylic acids is 1. The van der Waals surface area contributed by atoms with Gasteiger partial charge in [-0.2, -0.15) is 0 Å². The smallest absolute Gasteiger partial charge is 0.262 e. The number of hydrogen-bond acceptors (Lipinski definition) is 7. The maximum Gasteiger partial charge on any atom is 0.262 e. The quantitative estimate of drug-likeness (QED) is 0.374. The molecule has 4 rings (SSSR count). The second-order valence-electron chi connectivity index (χ2n) is 7.45. The maximum absolute atomic E-state index is 13.1. The normalized spacial score (nSPS) is 14.4. The van der Waals surface area contributed by atoms with Crippen LogP contribution in [0.15, 0.2) is 63.2 Å². The Morgan fingerprint density at radius 1 is 1.03 bits per heavy atom. The van der Waals surface area contributed by atoms with Crippen molar-refractivity contribution in [3.63, 3.8) is 0 Å². The summed E-state index contributed by atoms with van der Waals surface area (Å²) in [6, 6.07) is 12.1. The molecule has 1 heterocycles. The zero-order chi connectivity index (χ0) is 25.3. The van der Waals surface area contributed by atoms with Crippen molar-refractivity contribution >= 4 is 62.5 Å². The molecule has 7 nitrogen and oxygen atoms in total. The molecule has 0 unspecified atom stereocenters. The molecule has 0 radical (unpaired) electrons. The summed E-state index contributed by atoms with van der Waals surface area (Å²) in [5.41, 5.74) is 1.25. The molecular weight excluding hydrogens is 533 g/mol. The lowest BCUT2D eigenvalue weighted by atomic mass is 10.1. The number of fused-ring (bicyclic) bond motifs is 1. The molecule has 3 aromatic rings. The topological polar surface area (TPSA) is 102 Å². The van der Waals surface area contributed by atoms with E-state index in [9.17, 15) is 18.3 Å². The van der Waals surface area contributed by atoms with Crippen molar-refractivity contribution < 1.29 is 27.8 Å². The number of carbonyl (C=O) groups is 1. The van der Waals surface area contributed by atoms with E-state index >= 15 is 0 Å². The number of halogens is 2. The lowest BCUT2D eigenvalue weighted by Crippen LogP contribution is -2.18. The Hall–Kier alpha value is -2.85. The summed E-state index contributed by atoms with van der Waals surface area (Å²) in [7, 11) is -0.925. The molecule has 35 heavy (non-hydrogen) atoms. The Balaban J connectivity index is 1.71. The summed E-state index contributed by atoms with van der Waals surface area (Å²) < 4.78 is 36.9. The number of phenols is 1. The van der Waals surface area contributed by atoms with Gasteiger partial charge in [0, 0.05) is 32.6 Å². The highest BCUT2D eigenvalue weighted by Crippen LogP contribution is 2.43. The molecule has 0 aliphatic carbocycles. The third-order valence-electron chi connectivity index (χ3n) is 5.20. The van der Waals surface area contributed by atoms with Crippen LogP contribution in [0.2, 0.25) is 10.0 Å². The molecule has 0 saturated carbocycles. The first-order valence-electron chi connectivity index (χ1n) is 10.1. The van der Waals surface area contributed by atoms with Crippen LogP contribution in [0.1, 0.15) is 11.1 Å². The minimum atomic E-state index is -3.79. The molecular formula is C24H19Cl2NO6S2. The Kier molecular flexibility index (Phi) is 7.23. The van der Waals surface area contributed by atoms with Crippen molar-refractivity contribution in [2.45, 2.75) is 15.5 Å². The lowest BCUT2D eigenvalue weighted by Gasteiger charge is -2.20. The maximum atomic E-state index is 13.1. The van der Waals surface area contributed by atoms with Crippen molar-refractivity contribution in [1.82, 2.24) is 0 Å². The Bertz CT molecular complexity index is 1430. The average Bonchev–Trinajstić information content (AvgIpc) is 2.82. The highest BCUT2D eigenvalue weighted by molar-refractivity contribution is 8.04. The van der Waals surface area contributed by atoms with Gasteiger partial charge in [-0.1, -0.05) is 41.0 Å². The molecule has 1 amide bonds. The number of anilines is 1. The summed E-state index contributed by atoms with van der Waals surface area (Å²) >= 11 is 13.4. The summed E-state index contributed by atoms with van der Waals surface area (Å²) in [4.78, 5) is 13.6. The second-order valence-corrected chi connectivity index (χ2v) is 11.3. The number of sulfone groups is 1. The van der Waals surface area contributed by atoms with Crippen LogP contribution in [-0.4, -0.2) is 33.7 Å². The van der Waals surface area contributed by atoms with Crippen LogP contribution in [0.5, 0.6) is 17.2 Å². The van der Waals surface area contributed by atoms with Gasteiger partial charge in [-0.15, -0.1) is 0 Å². The van der Waals surface area contributed by atoms with Gasteiger partial charge in [0.05, 0.1) is 41.0 Å². The third kappa shape index (κ3) is 5.23. The van der Waals surface area contributed by atoms with E-state index in [4.69, 9.17) is 32.7 Å². The van der Waals surface area contributed by atoms with Crippen molar-refractivity contribution in [2.24, 2.45) is 0 Å². The largest absolute Gasteiger partial charge is 0.508 e. The van der Waals surface area contributed by atoms with Gasteiger partial charge in [-0.3, -0.25) is 4.79 Å². The number of methoxy groups -OCH3 is 2. The average molecular weight is 552 g/mol. The van der Waals surface area contributed by atoms with Crippen molar-refractivity contribution in [1.29, 1.82) is 0 Å². The minimum Gasteiger partial charge on any atom is -0.508 e. The van der Waals surface area contributed by atoms with Crippen LogP contribution in [0.3, 0.4) is 0 Å². The molecule has 2 N–H and O–H groups in total. The zero-order valence-electron chi connectivity index (χ0n) is 18.5. The zero-order valence-corrected chi connectivity index (χ0v) is 21.6. The molecule has 0 saturated heterocycles. The van der Waals surface area contributed by atoms with E-state index in [1.165, 1.54) is 38.5 Å². The van der Waals surface area contributed by atoms with E-state index in [0.717, 1.165) is 11.8 Å². The molecule has 3 aromatic carbocycles. The number of benzene rings is 3. The van der Waals surface area contributed by atoms with Crippen LogP contribution < -0.4 is 14.8 Å². The molecule has 1 aliphatic heterocycles. The van der Waals surface area contributed by atoms with Gasteiger partial charge in [0.1, 0.15) is 17.2 Å². The van der Waals surface area contributed by atoms with E-state index in [1.807, 2.05) is 0 Å². The monoisotopic (exact) mass is 551 g/mol. The van der Waals surface area contributed by atoms with Gasteiger partial charge < -0.3 is 19.9 Å². The first-order chi connectivity index (χ1) is 16.6. The SMILES string of the molecule is COc1cc(O)cc(OC)c1/C=C1/Sc2cc(S(=O)(=O)Cc3c(Cl)cccc3Cl)ccc2NC1=O. The summed E-state index contributed by atoms with van der Waals surface area (Å²) in [6.07, 6.45) is 1.56. The Labute approximate surface area is 216 Å². The first kappa shape index (κ1) is 25.2. The molecule has 0 spiro atoms. The molecule has 1 aliphatic rings. The van der Waals surface area contributed by atoms with E-state index in [1.54, 1.807) is 30.3 Å². The van der Waals surface area contributed by atoms with Crippen molar-refractivity contribution in [3.8, 4) is 17.2 Å². The molecule has 182 valence electrons. The number of ether oxygens (including phenoxy) is 2. The van der Waals surface area contributed by atoms with Gasteiger partial charge in [0.25, 0.3) is 5.91 Å². The standard InChI is InChI=1S/C24H19Cl2NO6S2/c1-32-20-8-13(28)9-21(33-2)15(20)11-23-24(29)27-19-7-6-14(10-22(19)34-23)35(30,31)12-16-17(25)4-3-5-18(16)26/h3-11,28H,12H2,1-2H3,(H,27,29)/b23-11+. The molecule has 0 atom stereocenters. The summed E-state index contributed by atoms with van der Waals surface area (Å²) in [5, 5.41) is 13.2. The van der Waals surface area contributed by atoms with Gasteiger partial charge in [0.2, 0.25) is 0 Å². The highest BCUT2D eigenvalue weighted by atomic mass is 35.5. The first-order valence-corrected chi connectivity index (χ1v) is 13.3. The number of amides is 1. The van der Waals surface area contributed by atoms with Crippen LogP contribution >= 0.6 is 35.0 Å². The van der Waals surface area contributed by atoms with Gasteiger partial charge >= 0.3 is 0 Å². The summed E-state index contributed by atoms with van der Waals surface area (Å²) in [6.45, 7) is 0. The fourth-order valence-electron chi connectivity index (χ4n) is 3.47. The van der Waals surface area contributed by atoms with E-state index in [-0.39, 0.29) is 37.3 Å². The number of thioether (sulfide) groups is 1. The predicted molar refractivity (Wildman–Crippen MR) is 137 cm³/mol. The van der Waals surface area contributed by atoms with E-state index in [0.29, 0.717) is 33.2 Å². The van der Waals surface area contributed by atoms with E-state index in [2.05, 4.69) is 5.32 Å². The van der Waals surface area contributed by atoms with Crippen LogP contribution in [-0.2, 0) is 20.4 Å². The summed E-state index contributed by atoms with van der Waals surface area (Å²) in [5.74, 6) is -0.187. The van der Waals surface area contributed by atoms with Gasteiger partial charge in [-0.05, 0) is 36.4 Å². The van der Waals surface area contributed by atoms with Crippen molar-refractivity contribution in [2.75, 3.05) is 19.5 Å². The Morgan fingerprint density at radius 3 is 2.26 bits per heavy atom. The van der Waals surface area contributed by atoms with E-state index < -0.39 is 9.84 Å². The lowest BCUT2D eigenvalue weighted by molar-refractivity contribution is -0.112. The highest BCUT2D eigenvalue weighted by Gasteiger charge is 2.26. The molecule has 0 bridgehead atoms. The third-order valence-corrected chi connectivity index (χ3v) is 8.63. The van der Waals surface area contributed by atoms with Gasteiger partial charge in [-0.25, -0.2) is 8.42 Å². The van der Waals surface area contributed by atoms with Gasteiger partial charge in [0.15, 0.2) is 9.84 Å². The predicted octanol–water partition coefficient (Wildman–Crippen LogP) is 5.78. The fourth-order valence-corrected chi connectivity index (χ4v) is 6.64. The van der Waals surface area contributed by atoms with Crippen molar-refractivity contribution in [3.05, 3.63) is 74.6 Å². The molecule has 11 heteroatoms. The number of hydrogen-bond donors (Lipinski definition) is 2. The number of phenolic OH excluding ortho intramolecular Hbond substituents is 1. The molecule has 0 fully saturated rings. The number of aromatic hydroxyl groups is 1. The molecule has 0 aromatic heterocycles. The fraction of sp³-hybridized carbons (Fsp3) is 0.125.